The summed E-state index contributed by atoms with van der Waals surface area (Å²) in [5, 5.41) is 8.04. The molecule has 0 heterocycles. The number of hydrogen-bond acceptors (Lipinski definition) is 0. The van der Waals surface area contributed by atoms with E-state index >= 15 is 0 Å². The Morgan fingerprint density at radius 1 is 0.400 bits per heavy atom. The van der Waals surface area contributed by atoms with E-state index in [4.69, 9.17) is 0 Å². The van der Waals surface area contributed by atoms with Crippen LogP contribution < -0.4 is 0 Å². The highest BCUT2D eigenvalue weighted by Gasteiger charge is 1.95. The summed E-state index contributed by atoms with van der Waals surface area (Å²) in [4.78, 5) is 0. The molecular formula is C35H36. The quantitative estimate of drug-likeness (QED) is 0.231. The van der Waals surface area contributed by atoms with Crippen LogP contribution in [0.2, 0.25) is 0 Å². The molecule has 0 aliphatic rings. The third-order valence-corrected chi connectivity index (χ3v) is 5.93. The van der Waals surface area contributed by atoms with Gasteiger partial charge in [-0.25, -0.2) is 0 Å². The van der Waals surface area contributed by atoms with Gasteiger partial charge in [-0.3, -0.25) is 0 Å². The standard InChI is InChI=1S/C12H12.C11H10.C10H8.C2H6/c1-2-10-7-5-8-11-6-3-4-9-12(10)11;1-9-5-4-7-10-6-2-3-8-11(9)10;1-2-6-10-8-4-3-7-9(10)5-1;1-2/h3-9H,2H2,1H3;2-8H,1H3;1-8H;1-2H3. The topological polar surface area (TPSA) is 0 Å². The number of aryl methyl sites for hydroxylation is 2. The lowest BCUT2D eigenvalue weighted by Gasteiger charge is -2.02. The van der Waals surface area contributed by atoms with Crippen molar-refractivity contribution in [2.24, 2.45) is 0 Å². The van der Waals surface area contributed by atoms with Crippen LogP contribution in [0.3, 0.4) is 0 Å². The first-order chi connectivity index (χ1) is 17.3. The Balaban J connectivity index is 0.000000142. The number of rotatable bonds is 1. The van der Waals surface area contributed by atoms with E-state index in [1.807, 2.05) is 13.8 Å². The summed E-state index contributed by atoms with van der Waals surface area (Å²) in [7, 11) is 0. The molecule has 0 bridgehead atoms. The average molecular weight is 457 g/mol. The summed E-state index contributed by atoms with van der Waals surface area (Å²) in [5.74, 6) is 0. The van der Waals surface area contributed by atoms with E-state index in [2.05, 4.69) is 147 Å². The van der Waals surface area contributed by atoms with Gasteiger partial charge in [0.05, 0.1) is 0 Å². The normalized spacial score (nSPS) is 9.83. The molecule has 0 saturated carbocycles. The molecule has 0 aromatic heterocycles. The number of fused-ring (bicyclic) bond motifs is 3. The first-order valence-electron chi connectivity index (χ1n) is 12.6. The van der Waals surface area contributed by atoms with Crippen molar-refractivity contribution in [1.82, 2.24) is 0 Å². The van der Waals surface area contributed by atoms with Gasteiger partial charge in [0.1, 0.15) is 0 Å². The van der Waals surface area contributed by atoms with Crippen LogP contribution in [-0.4, -0.2) is 0 Å². The molecule has 6 rings (SSSR count). The van der Waals surface area contributed by atoms with Crippen LogP contribution in [-0.2, 0) is 6.42 Å². The van der Waals surface area contributed by atoms with Gasteiger partial charge in [0.25, 0.3) is 0 Å². The predicted molar refractivity (Wildman–Crippen MR) is 157 cm³/mol. The first-order valence-corrected chi connectivity index (χ1v) is 12.6. The van der Waals surface area contributed by atoms with Gasteiger partial charge in [0.2, 0.25) is 0 Å². The van der Waals surface area contributed by atoms with E-state index in [1.165, 1.54) is 43.4 Å². The SMILES string of the molecule is CC.CCc1cccc2ccccc12.Cc1cccc2ccccc12.c1ccc2ccccc2c1. The summed E-state index contributed by atoms with van der Waals surface area (Å²) in [6.07, 6.45) is 1.11. The lowest BCUT2D eigenvalue weighted by atomic mass is 10.0. The van der Waals surface area contributed by atoms with Crippen LogP contribution >= 0.6 is 0 Å². The van der Waals surface area contributed by atoms with Crippen LogP contribution in [0.4, 0.5) is 0 Å². The van der Waals surface area contributed by atoms with Gasteiger partial charge in [0, 0.05) is 0 Å². The van der Waals surface area contributed by atoms with Crippen molar-refractivity contribution in [2.75, 3.05) is 0 Å². The molecule has 0 atom stereocenters. The summed E-state index contributed by atoms with van der Waals surface area (Å²) >= 11 is 0. The average Bonchev–Trinajstić information content (AvgIpc) is 2.95. The second-order valence-electron chi connectivity index (χ2n) is 8.14. The Morgan fingerprint density at radius 2 is 0.771 bits per heavy atom. The van der Waals surface area contributed by atoms with Gasteiger partial charge in [-0.1, -0.05) is 154 Å². The lowest BCUT2D eigenvalue weighted by molar-refractivity contribution is 1.16. The lowest BCUT2D eigenvalue weighted by Crippen LogP contribution is -1.81. The third kappa shape index (κ3) is 7.04. The Bertz CT molecular complexity index is 1380. The Labute approximate surface area is 210 Å². The Morgan fingerprint density at radius 3 is 1.26 bits per heavy atom. The molecule has 6 aromatic rings. The molecule has 0 amide bonds. The summed E-state index contributed by atoms with van der Waals surface area (Å²) in [6, 6.07) is 46.6. The van der Waals surface area contributed by atoms with Crippen molar-refractivity contribution in [2.45, 2.75) is 34.1 Å². The second kappa shape index (κ2) is 13.7. The molecule has 6 aromatic carbocycles. The molecule has 0 spiro atoms. The molecule has 0 heteroatoms. The maximum absolute atomic E-state index is 2.20. The van der Waals surface area contributed by atoms with Gasteiger partial charge in [-0.15, -0.1) is 0 Å². The zero-order chi connectivity index (χ0) is 24.9. The minimum Gasteiger partial charge on any atom is -0.0683 e. The van der Waals surface area contributed by atoms with Crippen LogP contribution in [0, 0.1) is 6.92 Å². The molecule has 0 saturated heterocycles. The Hall–Kier alpha value is -3.90. The third-order valence-electron chi connectivity index (χ3n) is 5.93. The van der Waals surface area contributed by atoms with E-state index in [9.17, 15) is 0 Å². The van der Waals surface area contributed by atoms with Gasteiger partial charge >= 0.3 is 0 Å². The molecule has 0 N–H and O–H groups in total. The second-order valence-corrected chi connectivity index (χ2v) is 8.14. The highest BCUT2D eigenvalue weighted by atomic mass is 14.0. The van der Waals surface area contributed by atoms with Crippen molar-refractivity contribution in [3.8, 4) is 0 Å². The van der Waals surface area contributed by atoms with E-state index in [-0.39, 0.29) is 0 Å². The fraction of sp³-hybridized carbons (Fsp3) is 0.143. The van der Waals surface area contributed by atoms with Gasteiger partial charge in [-0.05, 0) is 56.8 Å². The Kier molecular flexibility index (Phi) is 10.1. The highest BCUT2D eigenvalue weighted by Crippen LogP contribution is 2.18. The van der Waals surface area contributed by atoms with Crippen molar-refractivity contribution in [1.29, 1.82) is 0 Å². The summed E-state index contributed by atoms with van der Waals surface area (Å²) in [6.45, 7) is 8.34. The molecule has 0 fully saturated rings. The zero-order valence-electron chi connectivity index (χ0n) is 21.4. The molecule has 0 aliphatic carbocycles. The molecule has 0 unspecified atom stereocenters. The molecular weight excluding hydrogens is 420 g/mol. The van der Waals surface area contributed by atoms with E-state index < -0.39 is 0 Å². The van der Waals surface area contributed by atoms with Gasteiger partial charge < -0.3 is 0 Å². The van der Waals surface area contributed by atoms with Crippen molar-refractivity contribution in [3.63, 3.8) is 0 Å². The predicted octanol–water partition coefficient (Wildman–Crippen LogP) is 10.4. The van der Waals surface area contributed by atoms with E-state index in [0.717, 1.165) is 6.42 Å². The molecule has 35 heavy (non-hydrogen) atoms. The fourth-order valence-electron chi connectivity index (χ4n) is 4.12. The van der Waals surface area contributed by atoms with Crippen molar-refractivity contribution >= 4 is 32.3 Å². The minimum absolute atomic E-state index is 1.11. The van der Waals surface area contributed by atoms with Crippen molar-refractivity contribution < 1.29 is 0 Å². The van der Waals surface area contributed by atoms with Crippen LogP contribution in [0.25, 0.3) is 32.3 Å². The summed E-state index contributed by atoms with van der Waals surface area (Å²) in [5.41, 5.74) is 2.79. The van der Waals surface area contributed by atoms with Crippen LogP contribution in [0.1, 0.15) is 31.9 Å². The number of hydrogen-bond donors (Lipinski definition) is 0. The zero-order valence-corrected chi connectivity index (χ0v) is 21.4. The summed E-state index contributed by atoms with van der Waals surface area (Å²) < 4.78 is 0. The van der Waals surface area contributed by atoms with Gasteiger partial charge in [-0.2, -0.15) is 0 Å². The molecule has 176 valence electrons. The molecule has 0 radical (unpaired) electrons. The maximum atomic E-state index is 2.20. The number of benzene rings is 6. The van der Waals surface area contributed by atoms with Gasteiger partial charge in [0.15, 0.2) is 0 Å². The van der Waals surface area contributed by atoms with Crippen LogP contribution in [0.15, 0.2) is 133 Å². The molecule has 0 aliphatic heterocycles. The first kappa shape index (κ1) is 25.7. The monoisotopic (exact) mass is 456 g/mol. The largest absolute Gasteiger partial charge is 0.0683 e. The maximum Gasteiger partial charge on any atom is -0.0152 e. The fourth-order valence-corrected chi connectivity index (χ4v) is 4.12. The van der Waals surface area contributed by atoms with E-state index in [0.29, 0.717) is 0 Å². The van der Waals surface area contributed by atoms with E-state index in [1.54, 1.807) is 0 Å². The molecule has 0 nitrogen and oxygen atoms in total. The van der Waals surface area contributed by atoms with Crippen LogP contribution in [0.5, 0.6) is 0 Å². The smallest absolute Gasteiger partial charge is 0.0152 e. The van der Waals surface area contributed by atoms with Crippen molar-refractivity contribution in [3.05, 3.63) is 145 Å². The minimum atomic E-state index is 1.11. The highest BCUT2D eigenvalue weighted by molar-refractivity contribution is 5.86.